The van der Waals surface area contributed by atoms with E-state index in [2.05, 4.69) is 20.8 Å². The van der Waals surface area contributed by atoms with Crippen LogP contribution in [-0.2, 0) is 0 Å². The minimum atomic E-state index is 0.0279. The number of ether oxygens (including phenoxy) is 1. The first-order chi connectivity index (χ1) is 8.00. The van der Waals surface area contributed by atoms with Gasteiger partial charge >= 0.3 is 0 Å². The Labute approximate surface area is 110 Å². The van der Waals surface area contributed by atoms with Crippen LogP contribution in [0.25, 0.3) is 0 Å². The fourth-order valence-corrected chi connectivity index (χ4v) is 1.74. The zero-order chi connectivity index (χ0) is 12.8. The first-order valence-corrected chi connectivity index (χ1v) is 6.21. The van der Waals surface area contributed by atoms with Gasteiger partial charge < -0.3 is 15.4 Å². The van der Waals surface area contributed by atoms with Gasteiger partial charge in [-0.2, -0.15) is 0 Å². The van der Waals surface area contributed by atoms with Gasteiger partial charge in [-0.3, -0.25) is 5.41 Å². The molecule has 0 heterocycles. The Balaban J connectivity index is 2.62. The second-order valence-corrected chi connectivity index (χ2v) is 4.98. The molecule has 0 spiro atoms. The minimum absolute atomic E-state index is 0.0279. The van der Waals surface area contributed by atoms with Gasteiger partial charge in [0, 0.05) is 11.0 Å². The molecule has 0 fully saturated rings. The number of nitrogen functional groups attached to an aromatic ring is 1. The monoisotopic (exact) mass is 299 g/mol. The second-order valence-electron chi connectivity index (χ2n) is 4.06. The van der Waals surface area contributed by atoms with Gasteiger partial charge in [0.05, 0.1) is 12.2 Å². The fraction of sp³-hybridized carbons (Fsp3) is 0.417. The van der Waals surface area contributed by atoms with Crippen LogP contribution in [0.2, 0.25) is 0 Å². The van der Waals surface area contributed by atoms with Crippen molar-refractivity contribution >= 4 is 21.8 Å². The highest BCUT2D eigenvalue weighted by Gasteiger charge is 2.07. The van der Waals surface area contributed by atoms with Gasteiger partial charge in [0.25, 0.3) is 0 Å². The highest BCUT2D eigenvalue weighted by atomic mass is 79.9. The van der Waals surface area contributed by atoms with Crippen molar-refractivity contribution < 1.29 is 4.74 Å². The Hall–Kier alpha value is -1.07. The van der Waals surface area contributed by atoms with Crippen molar-refractivity contribution in [3.8, 4) is 5.75 Å². The largest absolute Gasteiger partial charge is 0.493 e. The number of amidine groups is 1. The van der Waals surface area contributed by atoms with Crippen molar-refractivity contribution in [2.75, 3.05) is 27.2 Å². The quantitative estimate of drug-likeness (QED) is 0.480. The van der Waals surface area contributed by atoms with E-state index in [1.54, 1.807) is 6.07 Å². The van der Waals surface area contributed by atoms with Crippen molar-refractivity contribution in [1.82, 2.24) is 4.90 Å². The number of halogens is 1. The molecule has 5 heteroatoms. The molecule has 0 atom stereocenters. The van der Waals surface area contributed by atoms with E-state index in [1.807, 2.05) is 26.2 Å². The lowest BCUT2D eigenvalue weighted by molar-refractivity contribution is 0.281. The van der Waals surface area contributed by atoms with Crippen LogP contribution < -0.4 is 10.5 Å². The first kappa shape index (κ1) is 14.0. The van der Waals surface area contributed by atoms with Crippen molar-refractivity contribution in [2.24, 2.45) is 5.73 Å². The summed E-state index contributed by atoms with van der Waals surface area (Å²) in [5.41, 5.74) is 6.13. The molecule has 0 saturated heterocycles. The molecule has 0 radical (unpaired) electrons. The second kappa shape index (κ2) is 6.61. The summed E-state index contributed by atoms with van der Waals surface area (Å²) in [6.07, 6.45) is 0.941. The van der Waals surface area contributed by atoms with Crippen molar-refractivity contribution in [3.05, 3.63) is 28.2 Å². The van der Waals surface area contributed by atoms with E-state index in [1.165, 1.54) is 0 Å². The van der Waals surface area contributed by atoms with Crippen molar-refractivity contribution in [2.45, 2.75) is 6.42 Å². The maximum absolute atomic E-state index is 7.47. The summed E-state index contributed by atoms with van der Waals surface area (Å²) in [6, 6.07) is 5.48. The third-order valence-electron chi connectivity index (χ3n) is 2.24. The lowest BCUT2D eigenvalue weighted by Gasteiger charge is -2.13. The van der Waals surface area contributed by atoms with E-state index in [0.717, 1.165) is 17.4 Å². The smallest absolute Gasteiger partial charge is 0.131 e. The van der Waals surface area contributed by atoms with Crippen LogP contribution in [0.1, 0.15) is 12.0 Å². The predicted octanol–water partition coefficient (Wildman–Crippen LogP) is 2.06. The molecule has 94 valence electrons. The molecule has 0 aliphatic heterocycles. The topological polar surface area (TPSA) is 62.3 Å². The molecule has 0 aliphatic rings. The van der Waals surface area contributed by atoms with E-state index in [4.69, 9.17) is 15.9 Å². The number of hydrogen-bond acceptors (Lipinski definition) is 3. The van der Waals surface area contributed by atoms with Gasteiger partial charge in [0.2, 0.25) is 0 Å². The number of nitrogens with zero attached hydrogens (tertiary/aromatic N) is 1. The number of hydrogen-bond donors (Lipinski definition) is 2. The van der Waals surface area contributed by atoms with Gasteiger partial charge in [-0.1, -0.05) is 15.9 Å². The lowest BCUT2D eigenvalue weighted by atomic mass is 10.2. The van der Waals surface area contributed by atoms with Gasteiger partial charge in [-0.05, 0) is 38.7 Å². The van der Waals surface area contributed by atoms with Gasteiger partial charge in [0.15, 0.2) is 0 Å². The molecule has 0 saturated carbocycles. The number of rotatable bonds is 6. The predicted molar refractivity (Wildman–Crippen MR) is 73.8 cm³/mol. The molecule has 0 aromatic heterocycles. The van der Waals surface area contributed by atoms with Gasteiger partial charge in [0.1, 0.15) is 11.6 Å². The van der Waals surface area contributed by atoms with Gasteiger partial charge in [-0.15, -0.1) is 0 Å². The average molecular weight is 300 g/mol. The van der Waals surface area contributed by atoms with Crippen molar-refractivity contribution in [1.29, 1.82) is 5.41 Å². The molecule has 0 bridgehead atoms. The summed E-state index contributed by atoms with van der Waals surface area (Å²) in [5, 5.41) is 7.47. The summed E-state index contributed by atoms with van der Waals surface area (Å²) in [5.74, 6) is 0.686. The zero-order valence-corrected chi connectivity index (χ0v) is 11.8. The number of benzene rings is 1. The standard InChI is InChI=1S/C12H18BrN3O/c1-16(2)6-3-7-17-11-8-9(13)4-5-10(11)12(14)15/h4-5,8H,3,6-7H2,1-2H3,(H3,14,15). The zero-order valence-electron chi connectivity index (χ0n) is 10.2. The molecular weight excluding hydrogens is 282 g/mol. The van der Waals surface area contributed by atoms with Crippen molar-refractivity contribution in [3.63, 3.8) is 0 Å². The molecule has 17 heavy (non-hydrogen) atoms. The average Bonchev–Trinajstić information content (AvgIpc) is 2.23. The Kier molecular flexibility index (Phi) is 5.44. The van der Waals surface area contributed by atoms with Crippen LogP contribution >= 0.6 is 15.9 Å². The van der Waals surface area contributed by atoms with Crippen LogP contribution in [0.3, 0.4) is 0 Å². The Morgan fingerprint density at radius 3 is 2.76 bits per heavy atom. The molecule has 1 aromatic carbocycles. The van der Waals surface area contributed by atoms with E-state index < -0.39 is 0 Å². The maximum Gasteiger partial charge on any atom is 0.131 e. The lowest BCUT2D eigenvalue weighted by Crippen LogP contribution is -2.17. The van der Waals surface area contributed by atoms with E-state index in [0.29, 0.717) is 17.9 Å². The number of nitrogens with two attached hydrogens (primary N) is 1. The third-order valence-corrected chi connectivity index (χ3v) is 2.73. The summed E-state index contributed by atoms with van der Waals surface area (Å²) in [4.78, 5) is 2.11. The maximum atomic E-state index is 7.47. The Morgan fingerprint density at radius 2 is 2.18 bits per heavy atom. The van der Waals surface area contributed by atoms with E-state index in [9.17, 15) is 0 Å². The summed E-state index contributed by atoms with van der Waals surface area (Å²) in [7, 11) is 4.06. The Bertz CT molecular complexity index is 393. The van der Waals surface area contributed by atoms with Crippen LogP contribution in [0.4, 0.5) is 0 Å². The molecule has 4 nitrogen and oxygen atoms in total. The number of nitrogens with one attached hydrogen (secondary N) is 1. The Morgan fingerprint density at radius 1 is 1.47 bits per heavy atom. The fourth-order valence-electron chi connectivity index (χ4n) is 1.40. The first-order valence-electron chi connectivity index (χ1n) is 5.42. The molecule has 1 rings (SSSR count). The van der Waals surface area contributed by atoms with Gasteiger partial charge in [-0.25, -0.2) is 0 Å². The SMILES string of the molecule is CN(C)CCCOc1cc(Br)ccc1C(=N)N. The van der Waals surface area contributed by atoms with Crippen LogP contribution in [0.15, 0.2) is 22.7 Å². The summed E-state index contributed by atoms with van der Waals surface area (Å²) in [6.45, 7) is 1.60. The summed E-state index contributed by atoms with van der Waals surface area (Å²) >= 11 is 3.38. The molecule has 0 aliphatic carbocycles. The third kappa shape index (κ3) is 4.75. The molecule has 3 N–H and O–H groups in total. The molecule has 0 unspecified atom stereocenters. The highest BCUT2D eigenvalue weighted by molar-refractivity contribution is 9.10. The normalized spacial score (nSPS) is 10.6. The minimum Gasteiger partial charge on any atom is -0.493 e. The highest BCUT2D eigenvalue weighted by Crippen LogP contribution is 2.23. The van der Waals surface area contributed by atoms with Crippen LogP contribution in [0, 0.1) is 5.41 Å². The van der Waals surface area contributed by atoms with Crippen LogP contribution in [0.5, 0.6) is 5.75 Å². The van der Waals surface area contributed by atoms with E-state index >= 15 is 0 Å². The van der Waals surface area contributed by atoms with Crippen LogP contribution in [-0.4, -0.2) is 38.0 Å². The molecular formula is C12H18BrN3O. The summed E-state index contributed by atoms with van der Waals surface area (Å²) < 4.78 is 6.57. The molecule has 0 amide bonds. The van der Waals surface area contributed by atoms with E-state index in [-0.39, 0.29) is 5.84 Å². The molecule has 1 aromatic rings.